The van der Waals surface area contributed by atoms with Crippen molar-refractivity contribution in [3.05, 3.63) is 22.7 Å². The average molecular weight is 334 g/mol. The molecule has 1 fully saturated rings. The Kier molecular flexibility index (Phi) is 5.14. The molecule has 118 valence electrons. The molecule has 1 aromatic rings. The van der Waals surface area contributed by atoms with Crippen molar-refractivity contribution in [2.24, 2.45) is 11.8 Å². The zero-order chi connectivity index (χ0) is 15.6. The number of benzene rings is 1. The third-order valence-electron chi connectivity index (χ3n) is 3.78. The number of rotatable bonds is 7. The molecule has 5 nitrogen and oxygen atoms in total. The molecule has 0 heterocycles. The van der Waals surface area contributed by atoms with Gasteiger partial charge in [0, 0.05) is 17.1 Å². The van der Waals surface area contributed by atoms with Crippen LogP contribution in [-0.2, 0) is 16.6 Å². The fourth-order valence-corrected chi connectivity index (χ4v) is 4.01. The van der Waals surface area contributed by atoms with Gasteiger partial charge in [0.1, 0.15) is 10.6 Å². The summed E-state index contributed by atoms with van der Waals surface area (Å²) in [5.41, 5.74) is 0.348. The molecule has 1 saturated carbocycles. The largest absolute Gasteiger partial charge is 0.495 e. The molecule has 0 aliphatic heterocycles. The number of ether oxygens (including phenoxy) is 1. The van der Waals surface area contributed by atoms with Crippen LogP contribution in [0.4, 0.5) is 0 Å². The van der Waals surface area contributed by atoms with Crippen LogP contribution in [-0.4, -0.2) is 27.2 Å². The quantitative estimate of drug-likeness (QED) is 0.801. The predicted octanol–water partition coefficient (Wildman–Crippen LogP) is 2.17. The Morgan fingerprint density at radius 2 is 2.14 bits per heavy atom. The van der Waals surface area contributed by atoms with Crippen LogP contribution in [0.15, 0.2) is 17.0 Å². The maximum absolute atomic E-state index is 12.4. The van der Waals surface area contributed by atoms with Gasteiger partial charge in [-0.2, -0.15) is 0 Å². The molecule has 0 bridgehead atoms. The molecule has 0 aromatic heterocycles. The summed E-state index contributed by atoms with van der Waals surface area (Å²) in [6.07, 6.45) is 2.33. The number of hydrogen-bond acceptors (Lipinski definition) is 4. The minimum absolute atomic E-state index is 0.0375. The number of hydrogen-bond donors (Lipinski definition) is 2. The van der Waals surface area contributed by atoms with Crippen LogP contribution in [0.25, 0.3) is 0 Å². The summed E-state index contributed by atoms with van der Waals surface area (Å²) in [4.78, 5) is -0.0375. The van der Waals surface area contributed by atoms with E-state index < -0.39 is 10.0 Å². The van der Waals surface area contributed by atoms with Crippen LogP contribution >= 0.6 is 11.6 Å². The number of methoxy groups -OCH3 is 1. The second-order valence-electron chi connectivity index (χ2n) is 5.42. The number of aliphatic hydroxyl groups is 1. The zero-order valence-electron chi connectivity index (χ0n) is 12.1. The first-order valence-electron chi connectivity index (χ1n) is 6.86. The molecule has 1 atom stereocenters. The fraction of sp³-hybridized carbons (Fsp3) is 0.571. The Hall–Kier alpha value is -0.820. The van der Waals surface area contributed by atoms with Gasteiger partial charge in [0.25, 0.3) is 0 Å². The van der Waals surface area contributed by atoms with E-state index in [9.17, 15) is 13.5 Å². The third kappa shape index (κ3) is 3.88. The summed E-state index contributed by atoms with van der Waals surface area (Å²) in [7, 11) is -2.36. The van der Waals surface area contributed by atoms with Gasteiger partial charge in [0.15, 0.2) is 0 Å². The molecule has 2 N–H and O–H groups in total. The summed E-state index contributed by atoms with van der Waals surface area (Å²) in [5.74, 6) is 1.05. The smallest absolute Gasteiger partial charge is 0.244 e. The summed E-state index contributed by atoms with van der Waals surface area (Å²) in [6, 6.07) is 2.83. The van der Waals surface area contributed by atoms with Gasteiger partial charge in [-0.25, -0.2) is 13.1 Å². The first kappa shape index (κ1) is 16.5. The molecule has 0 amide bonds. The first-order valence-corrected chi connectivity index (χ1v) is 8.72. The standard InChI is InChI=1S/C14H20ClNO4S/c1-9(10-3-4-10)7-16-21(18,19)13-6-12(15)5-11(8-17)14(13)20-2/h5-6,9-10,16-17H,3-4,7-8H2,1-2H3. The Morgan fingerprint density at radius 3 is 2.67 bits per heavy atom. The van der Waals surface area contributed by atoms with Gasteiger partial charge in [0.05, 0.1) is 13.7 Å². The third-order valence-corrected chi connectivity index (χ3v) is 5.43. The molecule has 21 heavy (non-hydrogen) atoms. The number of nitrogens with one attached hydrogen (secondary N) is 1. The molecule has 0 radical (unpaired) electrons. The second kappa shape index (κ2) is 6.52. The van der Waals surface area contributed by atoms with Crippen molar-refractivity contribution >= 4 is 21.6 Å². The van der Waals surface area contributed by atoms with Crippen molar-refractivity contribution in [1.82, 2.24) is 4.72 Å². The molecule has 0 saturated heterocycles. The Bertz CT molecular complexity index is 614. The lowest BCUT2D eigenvalue weighted by Gasteiger charge is -2.16. The lowest BCUT2D eigenvalue weighted by molar-refractivity contribution is 0.272. The maximum Gasteiger partial charge on any atom is 0.244 e. The van der Waals surface area contributed by atoms with E-state index in [4.69, 9.17) is 16.3 Å². The fourth-order valence-electron chi connectivity index (χ4n) is 2.32. The van der Waals surface area contributed by atoms with Gasteiger partial charge in [-0.05, 0) is 36.8 Å². The second-order valence-corrected chi connectivity index (χ2v) is 7.59. The minimum atomic E-state index is -3.73. The van der Waals surface area contributed by atoms with Crippen LogP contribution in [0.3, 0.4) is 0 Å². The van der Waals surface area contributed by atoms with Crippen molar-refractivity contribution in [2.45, 2.75) is 31.3 Å². The van der Waals surface area contributed by atoms with Gasteiger partial charge in [-0.1, -0.05) is 18.5 Å². The Labute approximate surface area is 130 Å². The highest BCUT2D eigenvalue weighted by Gasteiger charge is 2.30. The van der Waals surface area contributed by atoms with E-state index >= 15 is 0 Å². The highest BCUT2D eigenvalue weighted by molar-refractivity contribution is 7.89. The van der Waals surface area contributed by atoms with E-state index in [2.05, 4.69) is 4.72 Å². The van der Waals surface area contributed by atoms with Gasteiger partial charge >= 0.3 is 0 Å². The van der Waals surface area contributed by atoms with E-state index in [1.807, 2.05) is 6.92 Å². The lowest BCUT2D eigenvalue weighted by atomic mass is 10.1. The van der Waals surface area contributed by atoms with Gasteiger partial charge in [-0.3, -0.25) is 0 Å². The molecular formula is C14H20ClNO4S. The topological polar surface area (TPSA) is 75.6 Å². The molecular weight excluding hydrogens is 314 g/mol. The van der Waals surface area contributed by atoms with Crippen LogP contribution in [0, 0.1) is 11.8 Å². The highest BCUT2D eigenvalue weighted by Crippen LogP contribution is 2.36. The molecule has 1 aliphatic carbocycles. The Balaban J connectivity index is 2.27. The number of aliphatic hydroxyl groups excluding tert-OH is 1. The minimum Gasteiger partial charge on any atom is -0.495 e. The van der Waals surface area contributed by atoms with Gasteiger partial charge in [0.2, 0.25) is 10.0 Å². The van der Waals surface area contributed by atoms with Crippen LogP contribution in [0.1, 0.15) is 25.3 Å². The summed E-state index contributed by atoms with van der Waals surface area (Å²) in [5, 5.41) is 9.56. The van der Waals surface area contributed by atoms with E-state index in [1.165, 1.54) is 19.2 Å². The van der Waals surface area contributed by atoms with E-state index in [0.29, 0.717) is 23.9 Å². The normalized spacial score (nSPS) is 16.8. The van der Waals surface area contributed by atoms with Crippen LogP contribution in [0.5, 0.6) is 5.75 Å². The van der Waals surface area contributed by atoms with Crippen molar-refractivity contribution in [3.63, 3.8) is 0 Å². The first-order chi connectivity index (χ1) is 9.89. The van der Waals surface area contributed by atoms with Crippen molar-refractivity contribution in [2.75, 3.05) is 13.7 Å². The van der Waals surface area contributed by atoms with Crippen molar-refractivity contribution in [3.8, 4) is 5.75 Å². The van der Waals surface area contributed by atoms with Crippen LogP contribution in [0.2, 0.25) is 5.02 Å². The average Bonchev–Trinajstić information content (AvgIpc) is 3.28. The van der Waals surface area contributed by atoms with E-state index in [0.717, 1.165) is 12.8 Å². The Morgan fingerprint density at radius 1 is 1.48 bits per heavy atom. The summed E-state index contributed by atoms with van der Waals surface area (Å²) < 4.78 is 32.6. The molecule has 1 unspecified atom stereocenters. The maximum atomic E-state index is 12.4. The van der Waals surface area contributed by atoms with Crippen molar-refractivity contribution in [1.29, 1.82) is 0 Å². The van der Waals surface area contributed by atoms with Crippen molar-refractivity contribution < 1.29 is 18.3 Å². The van der Waals surface area contributed by atoms with Crippen LogP contribution < -0.4 is 9.46 Å². The van der Waals surface area contributed by atoms with E-state index in [-0.39, 0.29) is 22.3 Å². The molecule has 7 heteroatoms. The SMILES string of the molecule is COc1c(CO)cc(Cl)cc1S(=O)(=O)NCC(C)C1CC1. The predicted molar refractivity (Wildman–Crippen MR) is 81.0 cm³/mol. The molecule has 0 spiro atoms. The molecule has 2 rings (SSSR count). The number of halogens is 1. The molecule has 1 aliphatic rings. The zero-order valence-corrected chi connectivity index (χ0v) is 13.7. The van der Waals surface area contributed by atoms with Gasteiger partial charge in [-0.15, -0.1) is 0 Å². The summed E-state index contributed by atoms with van der Waals surface area (Å²) >= 11 is 5.93. The monoisotopic (exact) mass is 333 g/mol. The lowest BCUT2D eigenvalue weighted by Crippen LogP contribution is -2.29. The highest BCUT2D eigenvalue weighted by atomic mass is 35.5. The number of sulfonamides is 1. The molecule has 1 aromatic carbocycles. The summed E-state index contributed by atoms with van der Waals surface area (Å²) in [6.45, 7) is 2.08. The van der Waals surface area contributed by atoms with E-state index in [1.54, 1.807) is 0 Å². The van der Waals surface area contributed by atoms with Gasteiger partial charge < -0.3 is 9.84 Å².